The first-order valence-corrected chi connectivity index (χ1v) is 10.4. The quantitative estimate of drug-likeness (QED) is 0.504. The number of rotatable bonds is 4. The molecule has 0 bridgehead atoms. The van der Waals surface area contributed by atoms with Gasteiger partial charge in [-0.15, -0.1) is 0 Å². The SMILES string of the molecule is CC(C)c1ccc(/C=c2\sc3nc(=O)c(Cc4ccccc4Cl)nn3c2=O)cc1. The molecule has 5 nitrogen and oxygen atoms in total. The Bertz CT molecular complexity index is 1360. The van der Waals surface area contributed by atoms with Crippen LogP contribution in [0.3, 0.4) is 0 Å². The van der Waals surface area contributed by atoms with E-state index in [4.69, 9.17) is 11.6 Å². The van der Waals surface area contributed by atoms with Crippen LogP contribution in [0.2, 0.25) is 5.02 Å². The lowest BCUT2D eigenvalue weighted by Gasteiger charge is -2.04. The molecule has 29 heavy (non-hydrogen) atoms. The molecule has 146 valence electrons. The van der Waals surface area contributed by atoms with E-state index in [9.17, 15) is 9.59 Å². The Morgan fingerprint density at radius 2 is 1.83 bits per heavy atom. The topological polar surface area (TPSA) is 64.3 Å². The van der Waals surface area contributed by atoms with Crippen molar-refractivity contribution >= 4 is 34.0 Å². The van der Waals surface area contributed by atoms with Crippen molar-refractivity contribution in [1.29, 1.82) is 0 Å². The number of fused-ring (bicyclic) bond motifs is 1. The summed E-state index contributed by atoms with van der Waals surface area (Å²) in [4.78, 5) is 29.5. The van der Waals surface area contributed by atoms with Gasteiger partial charge in [-0.3, -0.25) is 9.59 Å². The predicted octanol–water partition coefficient (Wildman–Crippen LogP) is 3.43. The fourth-order valence-electron chi connectivity index (χ4n) is 3.00. The summed E-state index contributed by atoms with van der Waals surface area (Å²) in [7, 11) is 0. The third-order valence-electron chi connectivity index (χ3n) is 4.67. The fourth-order valence-corrected chi connectivity index (χ4v) is 4.11. The maximum atomic E-state index is 12.8. The highest BCUT2D eigenvalue weighted by Gasteiger charge is 2.13. The van der Waals surface area contributed by atoms with Crippen molar-refractivity contribution in [3.8, 4) is 0 Å². The van der Waals surface area contributed by atoms with Crippen LogP contribution in [0.1, 0.15) is 42.1 Å². The van der Waals surface area contributed by atoms with E-state index in [1.165, 1.54) is 10.1 Å². The van der Waals surface area contributed by atoms with Gasteiger partial charge in [-0.1, -0.05) is 79.2 Å². The third kappa shape index (κ3) is 3.99. The molecule has 0 fully saturated rings. The second-order valence-electron chi connectivity index (χ2n) is 7.06. The Morgan fingerprint density at radius 3 is 2.52 bits per heavy atom. The Morgan fingerprint density at radius 1 is 1.10 bits per heavy atom. The van der Waals surface area contributed by atoms with Gasteiger partial charge in [-0.25, -0.2) is 0 Å². The van der Waals surface area contributed by atoms with Crippen LogP contribution in [-0.2, 0) is 6.42 Å². The molecule has 0 aliphatic heterocycles. The van der Waals surface area contributed by atoms with Crippen molar-refractivity contribution in [2.75, 3.05) is 0 Å². The van der Waals surface area contributed by atoms with Crippen LogP contribution < -0.4 is 15.7 Å². The van der Waals surface area contributed by atoms with E-state index in [1.54, 1.807) is 12.1 Å². The maximum absolute atomic E-state index is 12.8. The summed E-state index contributed by atoms with van der Waals surface area (Å²) in [5, 5.41) is 4.82. The zero-order valence-electron chi connectivity index (χ0n) is 15.9. The van der Waals surface area contributed by atoms with Gasteiger partial charge < -0.3 is 0 Å². The van der Waals surface area contributed by atoms with Crippen LogP contribution in [-0.4, -0.2) is 14.6 Å². The van der Waals surface area contributed by atoms with Crippen LogP contribution in [0, 0.1) is 0 Å². The highest BCUT2D eigenvalue weighted by molar-refractivity contribution is 7.15. The second-order valence-corrected chi connectivity index (χ2v) is 8.48. The third-order valence-corrected chi connectivity index (χ3v) is 5.99. The molecule has 2 aromatic heterocycles. The van der Waals surface area contributed by atoms with Gasteiger partial charge in [0, 0.05) is 11.4 Å². The minimum absolute atomic E-state index is 0.193. The van der Waals surface area contributed by atoms with Crippen molar-refractivity contribution in [2.45, 2.75) is 26.2 Å². The lowest BCUT2D eigenvalue weighted by Crippen LogP contribution is -2.28. The summed E-state index contributed by atoms with van der Waals surface area (Å²) in [5.41, 5.74) is 2.37. The number of nitrogens with zero attached hydrogens (tertiary/aromatic N) is 3. The minimum Gasteiger partial charge on any atom is -0.266 e. The largest absolute Gasteiger partial charge is 0.296 e. The zero-order chi connectivity index (χ0) is 20.5. The van der Waals surface area contributed by atoms with Crippen LogP contribution in [0.15, 0.2) is 58.1 Å². The Balaban J connectivity index is 1.77. The normalized spacial score (nSPS) is 12.2. The molecule has 0 unspecified atom stereocenters. The highest BCUT2D eigenvalue weighted by atomic mass is 35.5. The molecular formula is C22H18ClN3O2S. The first-order valence-electron chi connectivity index (χ1n) is 9.20. The molecule has 4 aromatic rings. The van der Waals surface area contributed by atoms with E-state index in [-0.39, 0.29) is 22.6 Å². The summed E-state index contributed by atoms with van der Waals surface area (Å²) in [6.07, 6.45) is 2.02. The minimum atomic E-state index is -0.445. The van der Waals surface area contributed by atoms with Crippen LogP contribution in [0.4, 0.5) is 0 Å². The Kier molecular flexibility index (Phi) is 5.30. The van der Waals surface area contributed by atoms with Crippen molar-refractivity contribution in [2.24, 2.45) is 0 Å². The van der Waals surface area contributed by atoms with Gasteiger partial charge in [-0.05, 0) is 34.8 Å². The van der Waals surface area contributed by atoms with E-state index in [0.717, 1.165) is 22.5 Å². The molecule has 4 rings (SSSR count). The van der Waals surface area contributed by atoms with E-state index >= 15 is 0 Å². The number of thiazole rings is 1. The van der Waals surface area contributed by atoms with Crippen molar-refractivity contribution < 1.29 is 0 Å². The number of benzene rings is 2. The van der Waals surface area contributed by atoms with Gasteiger partial charge in [-0.2, -0.15) is 14.6 Å². The average Bonchev–Trinajstić information content (AvgIpc) is 2.99. The molecule has 7 heteroatoms. The van der Waals surface area contributed by atoms with Gasteiger partial charge in [0.2, 0.25) is 4.96 Å². The van der Waals surface area contributed by atoms with Gasteiger partial charge in [0.1, 0.15) is 5.69 Å². The van der Waals surface area contributed by atoms with Crippen molar-refractivity contribution in [1.82, 2.24) is 14.6 Å². The summed E-state index contributed by atoms with van der Waals surface area (Å²) < 4.78 is 1.68. The first-order chi connectivity index (χ1) is 13.9. The zero-order valence-corrected chi connectivity index (χ0v) is 17.5. The van der Waals surface area contributed by atoms with Gasteiger partial charge in [0.05, 0.1) is 4.53 Å². The van der Waals surface area contributed by atoms with Gasteiger partial charge >= 0.3 is 0 Å². The molecule has 0 N–H and O–H groups in total. The van der Waals surface area contributed by atoms with Gasteiger partial charge in [0.25, 0.3) is 11.1 Å². The molecule has 0 aliphatic rings. The van der Waals surface area contributed by atoms with Gasteiger partial charge in [0.15, 0.2) is 0 Å². The monoisotopic (exact) mass is 423 g/mol. The number of aromatic nitrogens is 3. The fraction of sp³-hybridized carbons (Fsp3) is 0.182. The molecule has 0 saturated carbocycles. The van der Waals surface area contributed by atoms with Crippen LogP contribution in [0.5, 0.6) is 0 Å². The second kappa shape index (κ2) is 7.89. The lowest BCUT2D eigenvalue weighted by molar-refractivity contribution is 0.811. The first kappa shape index (κ1) is 19.5. The van der Waals surface area contributed by atoms with E-state index in [2.05, 4.69) is 36.1 Å². The summed E-state index contributed by atoms with van der Waals surface area (Å²) in [6, 6.07) is 15.3. The molecule has 0 radical (unpaired) electrons. The summed E-state index contributed by atoms with van der Waals surface area (Å²) in [6.45, 7) is 4.27. The molecule has 0 atom stereocenters. The Labute approximate surface area is 175 Å². The number of halogens is 1. The molecular weight excluding hydrogens is 406 g/mol. The molecule has 2 aromatic carbocycles. The number of hydrogen-bond donors (Lipinski definition) is 0. The van der Waals surface area contributed by atoms with Crippen molar-refractivity contribution in [3.63, 3.8) is 0 Å². The van der Waals surface area contributed by atoms with E-state index in [1.807, 2.05) is 30.3 Å². The Hall–Kier alpha value is -2.83. The molecule has 0 aliphatic carbocycles. The highest BCUT2D eigenvalue weighted by Crippen LogP contribution is 2.17. The summed E-state index contributed by atoms with van der Waals surface area (Å²) in [5.74, 6) is 0.444. The summed E-state index contributed by atoms with van der Waals surface area (Å²) >= 11 is 7.34. The van der Waals surface area contributed by atoms with E-state index < -0.39 is 5.56 Å². The van der Waals surface area contributed by atoms with Crippen molar-refractivity contribution in [3.05, 3.63) is 101 Å². The average molecular weight is 424 g/mol. The molecule has 0 amide bonds. The molecule has 0 spiro atoms. The van der Waals surface area contributed by atoms with Crippen LogP contribution in [0.25, 0.3) is 11.0 Å². The molecule has 2 heterocycles. The predicted molar refractivity (Wildman–Crippen MR) is 117 cm³/mol. The standard InChI is InChI=1S/C22H18ClN3O2S/c1-13(2)15-9-7-14(8-10-15)11-19-21(28)26-22(29-19)24-20(27)18(25-26)12-16-5-3-4-6-17(16)23/h3-11,13H,12H2,1-2H3/b19-11-. The number of hydrogen-bond acceptors (Lipinski definition) is 5. The maximum Gasteiger partial charge on any atom is 0.296 e. The smallest absolute Gasteiger partial charge is 0.266 e. The van der Waals surface area contributed by atoms with E-state index in [0.29, 0.717) is 15.5 Å². The lowest BCUT2D eigenvalue weighted by atomic mass is 10.0. The molecule has 0 saturated heterocycles. The van der Waals surface area contributed by atoms with Crippen LogP contribution >= 0.6 is 22.9 Å².